The summed E-state index contributed by atoms with van der Waals surface area (Å²) in [6.07, 6.45) is 0.161. The van der Waals surface area contributed by atoms with Crippen LogP contribution in [0.3, 0.4) is 0 Å². The summed E-state index contributed by atoms with van der Waals surface area (Å²) in [7, 11) is 0. The van der Waals surface area contributed by atoms with Gasteiger partial charge in [0.1, 0.15) is 0 Å². The highest BCUT2D eigenvalue weighted by Crippen LogP contribution is 2.30. The number of anilines is 1. The van der Waals surface area contributed by atoms with Gasteiger partial charge in [-0.2, -0.15) is 0 Å². The Morgan fingerprint density at radius 2 is 2.00 bits per heavy atom. The number of carbonyl (C=O) groups is 3. The van der Waals surface area contributed by atoms with E-state index in [0.717, 1.165) is 16.8 Å². The van der Waals surface area contributed by atoms with Crippen LogP contribution in [0.25, 0.3) is 0 Å². The average molecular weight is 331 g/mol. The summed E-state index contributed by atoms with van der Waals surface area (Å²) in [4.78, 5) is 39.5. The Labute approximate surface area is 142 Å². The molecule has 1 aliphatic rings. The number of aryl methyl sites for hydroxylation is 1. The van der Waals surface area contributed by atoms with Crippen LogP contribution in [0, 0.1) is 19.8 Å². The lowest BCUT2D eigenvalue weighted by Gasteiger charge is -2.28. The molecule has 2 N–H and O–H groups in total. The molecule has 1 atom stereocenters. The maximum absolute atomic E-state index is 12.7. The second-order valence-corrected chi connectivity index (χ2v) is 6.65. The van der Waals surface area contributed by atoms with Gasteiger partial charge in [-0.1, -0.05) is 12.1 Å². The van der Waals surface area contributed by atoms with E-state index in [9.17, 15) is 14.4 Å². The van der Waals surface area contributed by atoms with Crippen molar-refractivity contribution in [1.82, 2.24) is 4.90 Å². The van der Waals surface area contributed by atoms with Crippen molar-refractivity contribution in [1.29, 1.82) is 0 Å². The minimum atomic E-state index is -0.548. The van der Waals surface area contributed by atoms with Crippen molar-refractivity contribution in [2.45, 2.75) is 40.2 Å². The Bertz CT molecular complexity index is 669. The molecule has 2 rings (SSSR count). The molecular weight excluding hydrogens is 306 g/mol. The van der Waals surface area contributed by atoms with E-state index in [1.54, 1.807) is 4.90 Å². The third-order valence-electron chi connectivity index (χ3n) is 4.57. The number of hydrogen-bond donors (Lipinski definition) is 1. The van der Waals surface area contributed by atoms with E-state index in [1.165, 1.54) is 4.90 Å². The van der Waals surface area contributed by atoms with Gasteiger partial charge in [0, 0.05) is 24.7 Å². The molecule has 1 heterocycles. The van der Waals surface area contributed by atoms with Gasteiger partial charge in [0.05, 0.1) is 12.5 Å². The highest BCUT2D eigenvalue weighted by Gasteiger charge is 2.38. The molecule has 3 amide bonds. The summed E-state index contributed by atoms with van der Waals surface area (Å²) in [5, 5.41) is 0. The molecule has 24 heavy (non-hydrogen) atoms. The van der Waals surface area contributed by atoms with Crippen LogP contribution in [-0.2, 0) is 14.4 Å². The number of nitrogens with two attached hydrogens (primary N) is 1. The van der Waals surface area contributed by atoms with Gasteiger partial charge in [0.25, 0.3) is 0 Å². The molecule has 6 heteroatoms. The molecule has 0 aliphatic carbocycles. The number of primary amides is 1. The van der Waals surface area contributed by atoms with Gasteiger partial charge < -0.3 is 15.5 Å². The second kappa shape index (κ2) is 7.03. The van der Waals surface area contributed by atoms with Crippen LogP contribution in [0.15, 0.2) is 18.2 Å². The van der Waals surface area contributed by atoms with Crippen molar-refractivity contribution in [3.05, 3.63) is 29.3 Å². The van der Waals surface area contributed by atoms with Crippen LogP contribution < -0.4 is 10.6 Å². The lowest BCUT2D eigenvalue weighted by Crippen LogP contribution is -2.46. The monoisotopic (exact) mass is 331 g/mol. The predicted molar refractivity (Wildman–Crippen MR) is 92.4 cm³/mol. The standard InChI is InChI=1S/C18H25N3O3/c1-11(2)20(10-16(19)22)18(24)14-8-17(23)21(9-14)15-7-5-6-12(3)13(15)4/h5-7,11,14H,8-10H2,1-4H3,(H2,19,22). The van der Waals surface area contributed by atoms with Crippen molar-refractivity contribution >= 4 is 23.4 Å². The molecule has 1 aromatic carbocycles. The summed E-state index contributed by atoms with van der Waals surface area (Å²) < 4.78 is 0. The zero-order valence-electron chi connectivity index (χ0n) is 14.7. The summed E-state index contributed by atoms with van der Waals surface area (Å²) in [6, 6.07) is 5.66. The molecular formula is C18H25N3O3. The second-order valence-electron chi connectivity index (χ2n) is 6.65. The SMILES string of the molecule is Cc1cccc(N2CC(C(=O)N(CC(N)=O)C(C)C)CC2=O)c1C. The molecule has 130 valence electrons. The smallest absolute Gasteiger partial charge is 0.237 e. The van der Waals surface area contributed by atoms with Crippen molar-refractivity contribution in [2.75, 3.05) is 18.0 Å². The fourth-order valence-electron chi connectivity index (χ4n) is 3.05. The van der Waals surface area contributed by atoms with Crippen LogP contribution in [0.4, 0.5) is 5.69 Å². The number of hydrogen-bond acceptors (Lipinski definition) is 3. The maximum Gasteiger partial charge on any atom is 0.237 e. The van der Waals surface area contributed by atoms with Gasteiger partial charge in [-0.15, -0.1) is 0 Å². The summed E-state index contributed by atoms with van der Waals surface area (Å²) >= 11 is 0. The molecule has 6 nitrogen and oxygen atoms in total. The zero-order chi connectivity index (χ0) is 18.0. The molecule has 1 aliphatic heterocycles. The molecule has 1 saturated heterocycles. The van der Waals surface area contributed by atoms with E-state index in [0.29, 0.717) is 6.54 Å². The number of nitrogens with zero attached hydrogens (tertiary/aromatic N) is 2. The fraction of sp³-hybridized carbons (Fsp3) is 0.500. The first kappa shape index (κ1) is 18.0. The molecule has 0 aromatic heterocycles. The Morgan fingerprint density at radius 1 is 1.33 bits per heavy atom. The first-order valence-electron chi connectivity index (χ1n) is 8.17. The number of benzene rings is 1. The first-order valence-corrected chi connectivity index (χ1v) is 8.17. The Kier molecular flexibility index (Phi) is 5.26. The van der Waals surface area contributed by atoms with Gasteiger partial charge in [-0.3, -0.25) is 14.4 Å². The van der Waals surface area contributed by atoms with E-state index < -0.39 is 11.8 Å². The van der Waals surface area contributed by atoms with Crippen LogP contribution in [0.1, 0.15) is 31.4 Å². The fourth-order valence-corrected chi connectivity index (χ4v) is 3.05. The largest absolute Gasteiger partial charge is 0.368 e. The molecule has 0 bridgehead atoms. The van der Waals surface area contributed by atoms with Gasteiger partial charge in [0.2, 0.25) is 17.7 Å². The summed E-state index contributed by atoms with van der Waals surface area (Å²) in [6.45, 7) is 7.85. The Balaban J connectivity index is 2.21. The number of rotatable bonds is 5. The lowest BCUT2D eigenvalue weighted by molar-refractivity contribution is -0.140. The van der Waals surface area contributed by atoms with Crippen LogP contribution >= 0.6 is 0 Å². The average Bonchev–Trinajstić information content (AvgIpc) is 2.88. The van der Waals surface area contributed by atoms with Crippen LogP contribution in [0.5, 0.6) is 0 Å². The summed E-state index contributed by atoms with van der Waals surface area (Å²) in [5.41, 5.74) is 8.23. The van der Waals surface area contributed by atoms with E-state index >= 15 is 0 Å². The minimum absolute atomic E-state index is 0.0650. The van der Waals surface area contributed by atoms with E-state index in [-0.39, 0.29) is 30.8 Å². The molecule has 0 saturated carbocycles. The third kappa shape index (κ3) is 3.58. The third-order valence-corrected chi connectivity index (χ3v) is 4.57. The maximum atomic E-state index is 12.7. The Morgan fingerprint density at radius 3 is 2.58 bits per heavy atom. The summed E-state index contributed by atoms with van der Waals surface area (Å²) in [5.74, 6) is -1.25. The minimum Gasteiger partial charge on any atom is -0.368 e. The van der Waals surface area contributed by atoms with Crippen molar-refractivity contribution in [2.24, 2.45) is 11.7 Å². The molecule has 0 radical (unpaired) electrons. The topological polar surface area (TPSA) is 83.7 Å². The predicted octanol–water partition coefficient (Wildman–Crippen LogP) is 1.38. The lowest BCUT2D eigenvalue weighted by atomic mass is 10.1. The van der Waals surface area contributed by atoms with Crippen LogP contribution in [0.2, 0.25) is 0 Å². The highest BCUT2D eigenvalue weighted by molar-refractivity contribution is 6.01. The zero-order valence-corrected chi connectivity index (χ0v) is 14.7. The Hall–Kier alpha value is -2.37. The highest BCUT2D eigenvalue weighted by atomic mass is 16.2. The number of carbonyl (C=O) groups excluding carboxylic acids is 3. The van der Waals surface area contributed by atoms with Crippen molar-refractivity contribution in [3.8, 4) is 0 Å². The molecule has 0 spiro atoms. The van der Waals surface area contributed by atoms with Crippen molar-refractivity contribution < 1.29 is 14.4 Å². The van der Waals surface area contributed by atoms with Crippen molar-refractivity contribution in [3.63, 3.8) is 0 Å². The van der Waals surface area contributed by atoms with E-state index in [4.69, 9.17) is 5.73 Å². The van der Waals surface area contributed by atoms with Gasteiger partial charge in [-0.05, 0) is 44.9 Å². The first-order chi connectivity index (χ1) is 11.2. The van der Waals surface area contributed by atoms with Gasteiger partial charge >= 0.3 is 0 Å². The normalized spacial score (nSPS) is 17.5. The van der Waals surface area contributed by atoms with Gasteiger partial charge in [0.15, 0.2) is 0 Å². The van der Waals surface area contributed by atoms with E-state index in [2.05, 4.69) is 0 Å². The van der Waals surface area contributed by atoms with Crippen LogP contribution in [-0.4, -0.2) is 41.8 Å². The molecule has 1 unspecified atom stereocenters. The quantitative estimate of drug-likeness (QED) is 0.884. The molecule has 1 aromatic rings. The molecule has 1 fully saturated rings. The van der Waals surface area contributed by atoms with E-state index in [1.807, 2.05) is 45.9 Å². The van der Waals surface area contributed by atoms with Gasteiger partial charge in [-0.25, -0.2) is 0 Å². The number of amides is 3.